The quantitative estimate of drug-likeness (QED) is 0.901. The van der Waals surface area contributed by atoms with E-state index in [4.69, 9.17) is 5.73 Å². The van der Waals surface area contributed by atoms with Crippen LogP contribution < -0.4 is 5.73 Å². The summed E-state index contributed by atoms with van der Waals surface area (Å²) in [5.41, 5.74) is 7.63. The zero-order chi connectivity index (χ0) is 14.0. The minimum Gasteiger partial charge on any atom is -0.384 e. The van der Waals surface area contributed by atoms with Gasteiger partial charge in [-0.25, -0.2) is 14.4 Å². The maximum atomic E-state index is 12.9. The molecule has 2 N–H and O–H groups in total. The van der Waals surface area contributed by atoms with E-state index in [2.05, 4.69) is 30.7 Å². The van der Waals surface area contributed by atoms with Crippen molar-refractivity contribution in [2.45, 2.75) is 32.6 Å². The van der Waals surface area contributed by atoms with Crippen LogP contribution in [0.15, 0.2) is 30.3 Å². The smallest absolute Gasteiger partial charge is 0.135 e. The Balaban J connectivity index is 2.30. The molecule has 4 heteroatoms. The summed E-state index contributed by atoms with van der Waals surface area (Å²) >= 11 is 0. The van der Waals surface area contributed by atoms with E-state index in [1.54, 1.807) is 18.2 Å². The average Bonchev–Trinajstić information content (AvgIpc) is 2.30. The number of nitrogens with zero attached hydrogens (tertiary/aromatic N) is 2. The second kappa shape index (κ2) is 4.96. The third-order valence-corrected chi connectivity index (χ3v) is 2.84. The van der Waals surface area contributed by atoms with Gasteiger partial charge in [-0.1, -0.05) is 32.9 Å². The highest BCUT2D eigenvalue weighted by Gasteiger charge is 2.17. The summed E-state index contributed by atoms with van der Waals surface area (Å²) in [6.45, 7) is 6.24. The summed E-state index contributed by atoms with van der Waals surface area (Å²) in [7, 11) is 0. The third kappa shape index (κ3) is 3.50. The minimum atomic E-state index is -0.243. The van der Waals surface area contributed by atoms with E-state index in [0.717, 1.165) is 11.3 Å². The van der Waals surface area contributed by atoms with Crippen LogP contribution in [0, 0.1) is 5.82 Å². The predicted molar refractivity (Wildman–Crippen MR) is 74.4 cm³/mol. The van der Waals surface area contributed by atoms with Crippen molar-refractivity contribution in [1.29, 1.82) is 0 Å². The molecule has 0 spiro atoms. The van der Waals surface area contributed by atoms with Crippen molar-refractivity contribution in [3.63, 3.8) is 0 Å². The standard InChI is InChI=1S/C15H18FN3/c1-15(2,3)12-9-13(17)19-14(18-12)8-10-4-6-11(16)7-5-10/h4-7,9H,8H2,1-3H3,(H2,17,18,19). The first-order chi connectivity index (χ1) is 8.84. The van der Waals surface area contributed by atoms with E-state index in [9.17, 15) is 4.39 Å². The maximum Gasteiger partial charge on any atom is 0.135 e. The first-order valence-corrected chi connectivity index (χ1v) is 6.23. The van der Waals surface area contributed by atoms with Gasteiger partial charge in [0.2, 0.25) is 0 Å². The lowest BCUT2D eigenvalue weighted by Gasteiger charge is -2.18. The number of nitrogens with two attached hydrogens (primary N) is 1. The average molecular weight is 259 g/mol. The van der Waals surface area contributed by atoms with Crippen molar-refractivity contribution < 1.29 is 4.39 Å². The van der Waals surface area contributed by atoms with Crippen LogP contribution in [0.4, 0.5) is 10.2 Å². The molecule has 0 amide bonds. The SMILES string of the molecule is CC(C)(C)c1cc(N)nc(Cc2ccc(F)cc2)n1. The van der Waals surface area contributed by atoms with Gasteiger partial charge in [-0.3, -0.25) is 0 Å². The molecule has 1 heterocycles. The van der Waals surface area contributed by atoms with Crippen LogP contribution in [0.3, 0.4) is 0 Å². The molecule has 0 saturated carbocycles. The zero-order valence-corrected chi connectivity index (χ0v) is 11.4. The summed E-state index contributed by atoms with van der Waals surface area (Å²) in [6.07, 6.45) is 0.550. The van der Waals surface area contributed by atoms with E-state index in [1.807, 2.05) is 0 Å². The fourth-order valence-electron chi connectivity index (χ4n) is 1.77. The number of hydrogen-bond donors (Lipinski definition) is 1. The molecule has 19 heavy (non-hydrogen) atoms. The molecule has 0 aliphatic heterocycles. The molecule has 3 nitrogen and oxygen atoms in total. The van der Waals surface area contributed by atoms with Crippen LogP contribution in [-0.4, -0.2) is 9.97 Å². The molecule has 0 fully saturated rings. The monoisotopic (exact) mass is 259 g/mol. The van der Waals surface area contributed by atoms with E-state index in [-0.39, 0.29) is 11.2 Å². The van der Waals surface area contributed by atoms with Crippen LogP contribution in [-0.2, 0) is 11.8 Å². The molecular weight excluding hydrogens is 241 g/mol. The number of anilines is 1. The van der Waals surface area contributed by atoms with E-state index >= 15 is 0 Å². The molecule has 0 atom stereocenters. The van der Waals surface area contributed by atoms with Gasteiger partial charge in [-0.2, -0.15) is 0 Å². The molecule has 0 aliphatic rings. The van der Waals surface area contributed by atoms with Gasteiger partial charge in [-0.15, -0.1) is 0 Å². The molecule has 0 saturated heterocycles. The summed E-state index contributed by atoms with van der Waals surface area (Å²) in [4.78, 5) is 8.78. The van der Waals surface area contributed by atoms with E-state index < -0.39 is 0 Å². The molecule has 1 aromatic carbocycles. The lowest BCUT2D eigenvalue weighted by atomic mass is 9.92. The second-order valence-corrected chi connectivity index (χ2v) is 5.65. The van der Waals surface area contributed by atoms with Crippen molar-refractivity contribution >= 4 is 5.82 Å². The van der Waals surface area contributed by atoms with Crippen molar-refractivity contribution in [3.8, 4) is 0 Å². The van der Waals surface area contributed by atoms with Gasteiger partial charge < -0.3 is 5.73 Å². The lowest BCUT2D eigenvalue weighted by molar-refractivity contribution is 0.563. The molecule has 0 unspecified atom stereocenters. The Hall–Kier alpha value is -1.97. The number of hydrogen-bond acceptors (Lipinski definition) is 3. The number of aromatic nitrogens is 2. The number of halogens is 1. The topological polar surface area (TPSA) is 51.8 Å². The highest BCUT2D eigenvalue weighted by molar-refractivity contribution is 5.33. The highest BCUT2D eigenvalue weighted by atomic mass is 19.1. The molecule has 0 bridgehead atoms. The van der Waals surface area contributed by atoms with Crippen molar-refractivity contribution in [2.75, 3.05) is 5.73 Å². The van der Waals surface area contributed by atoms with Gasteiger partial charge in [0, 0.05) is 17.9 Å². The zero-order valence-electron chi connectivity index (χ0n) is 11.4. The first-order valence-electron chi connectivity index (χ1n) is 6.23. The fourth-order valence-corrected chi connectivity index (χ4v) is 1.77. The van der Waals surface area contributed by atoms with Gasteiger partial charge in [0.05, 0.1) is 5.69 Å². The van der Waals surface area contributed by atoms with Crippen molar-refractivity contribution in [1.82, 2.24) is 9.97 Å². The Morgan fingerprint density at radius 1 is 1.11 bits per heavy atom. The second-order valence-electron chi connectivity index (χ2n) is 5.65. The molecule has 1 aromatic heterocycles. The highest BCUT2D eigenvalue weighted by Crippen LogP contribution is 2.22. The third-order valence-electron chi connectivity index (χ3n) is 2.84. The Bertz CT molecular complexity index is 571. The molecule has 2 aromatic rings. The van der Waals surface area contributed by atoms with Gasteiger partial charge in [0.1, 0.15) is 17.5 Å². The molecule has 0 aliphatic carbocycles. The van der Waals surface area contributed by atoms with Crippen LogP contribution in [0.5, 0.6) is 0 Å². The Morgan fingerprint density at radius 2 is 1.74 bits per heavy atom. The summed E-state index contributed by atoms with van der Waals surface area (Å²) in [5, 5.41) is 0. The number of benzene rings is 1. The Morgan fingerprint density at radius 3 is 2.32 bits per heavy atom. The number of rotatable bonds is 2. The Kier molecular flexibility index (Phi) is 3.51. The van der Waals surface area contributed by atoms with Crippen LogP contribution in [0.2, 0.25) is 0 Å². The van der Waals surface area contributed by atoms with Gasteiger partial charge in [-0.05, 0) is 17.7 Å². The van der Waals surface area contributed by atoms with E-state index in [0.29, 0.717) is 18.1 Å². The number of nitrogen functional groups attached to an aromatic ring is 1. The summed E-state index contributed by atoms with van der Waals surface area (Å²) in [6, 6.07) is 8.14. The molecule has 2 rings (SSSR count). The minimum absolute atomic E-state index is 0.0748. The van der Waals surface area contributed by atoms with Gasteiger partial charge in [0.25, 0.3) is 0 Å². The van der Waals surface area contributed by atoms with E-state index in [1.165, 1.54) is 12.1 Å². The lowest BCUT2D eigenvalue weighted by Crippen LogP contribution is -2.16. The summed E-state index contributed by atoms with van der Waals surface area (Å²) < 4.78 is 12.9. The van der Waals surface area contributed by atoms with Crippen molar-refractivity contribution in [3.05, 3.63) is 53.2 Å². The summed E-state index contributed by atoms with van der Waals surface area (Å²) in [5.74, 6) is 0.890. The fraction of sp³-hybridized carbons (Fsp3) is 0.333. The van der Waals surface area contributed by atoms with Crippen molar-refractivity contribution in [2.24, 2.45) is 0 Å². The van der Waals surface area contributed by atoms with Crippen LogP contribution >= 0.6 is 0 Å². The van der Waals surface area contributed by atoms with Gasteiger partial charge >= 0.3 is 0 Å². The maximum absolute atomic E-state index is 12.9. The molecule has 0 radical (unpaired) electrons. The Labute approximate surface area is 112 Å². The largest absolute Gasteiger partial charge is 0.384 e. The predicted octanol–water partition coefficient (Wildman–Crippen LogP) is 3.09. The van der Waals surface area contributed by atoms with Gasteiger partial charge in [0.15, 0.2) is 0 Å². The molecule has 100 valence electrons. The first kappa shape index (κ1) is 13.5. The van der Waals surface area contributed by atoms with Crippen LogP contribution in [0.1, 0.15) is 37.9 Å². The van der Waals surface area contributed by atoms with Crippen LogP contribution in [0.25, 0.3) is 0 Å². The normalized spacial score (nSPS) is 11.6. The molecular formula is C15H18FN3.